The second kappa shape index (κ2) is 9.14. The average molecular weight is 460 g/mol. The Labute approximate surface area is 187 Å². The van der Waals surface area contributed by atoms with E-state index in [1.807, 2.05) is 12.2 Å². The van der Waals surface area contributed by atoms with Crippen LogP contribution in [-0.4, -0.2) is 33.7 Å². The third-order valence-corrected chi connectivity index (χ3v) is 5.28. The summed E-state index contributed by atoms with van der Waals surface area (Å²) in [7, 11) is 1.59. The number of halogens is 4. The fourth-order valence-corrected chi connectivity index (χ4v) is 3.54. The van der Waals surface area contributed by atoms with E-state index in [2.05, 4.69) is 19.9 Å². The maximum Gasteiger partial charge on any atom is 0.416 e. The zero-order valence-corrected chi connectivity index (χ0v) is 17.6. The zero-order valence-electron chi connectivity index (χ0n) is 17.6. The van der Waals surface area contributed by atoms with Gasteiger partial charge in [0.15, 0.2) is 0 Å². The van der Waals surface area contributed by atoms with Crippen LogP contribution in [0.15, 0.2) is 66.8 Å². The van der Waals surface area contributed by atoms with Crippen molar-refractivity contribution >= 4 is 0 Å². The van der Waals surface area contributed by atoms with Gasteiger partial charge in [0, 0.05) is 37.0 Å². The molecular weight excluding hydrogens is 440 g/mol. The molecule has 3 heterocycles. The molecule has 6 nitrogen and oxygen atoms in total. The van der Waals surface area contributed by atoms with Crippen molar-refractivity contribution in [1.29, 1.82) is 0 Å². The van der Waals surface area contributed by atoms with E-state index in [-0.39, 0.29) is 12.3 Å². The third kappa shape index (κ3) is 5.11. The smallest absolute Gasteiger partial charge is 0.416 e. The van der Waals surface area contributed by atoms with Crippen molar-refractivity contribution in [3.05, 3.63) is 89.7 Å². The highest BCUT2D eigenvalue weighted by Gasteiger charge is 2.33. The topological polar surface area (TPSA) is 72.9 Å². The van der Waals surface area contributed by atoms with Gasteiger partial charge in [-0.1, -0.05) is 6.08 Å². The molecule has 172 valence electrons. The second-order valence-corrected chi connectivity index (χ2v) is 7.57. The van der Waals surface area contributed by atoms with Crippen molar-refractivity contribution in [2.75, 3.05) is 13.7 Å². The molecule has 0 spiro atoms. The summed E-state index contributed by atoms with van der Waals surface area (Å²) in [5, 5.41) is 0. The van der Waals surface area contributed by atoms with E-state index in [4.69, 9.17) is 9.47 Å². The number of H-pyrrole nitrogens is 1. The van der Waals surface area contributed by atoms with E-state index < -0.39 is 23.1 Å². The van der Waals surface area contributed by atoms with Gasteiger partial charge < -0.3 is 14.5 Å². The van der Waals surface area contributed by atoms with Gasteiger partial charge in [0.2, 0.25) is 5.95 Å². The number of hydrogen-bond acceptors (Lipinski definition) is 5. The summed E-state index contributed by atoms with van der Waals surface area (Å²) >= 11 is 0. The number of hydrogen-bond donors (Lipinski definition) is 1. The molecule has 4 rings (SSSR count). The van der Waals surface area contributed by atoms with Gasteiger partial charge in [-0.15, -0.1) is 0 Å². The van der Waals surface area contributed by atoms with Gasteiger partial charge in [0.05, 0.1) is 23.3 Å². The quantitative estimate of drug-likeness (QED) is 0.398. The third-order valence-electron chi connectivity index (χ3n) is 5.28. The number of imidazole rings is 1. The van der Waals surface area contributed by atoms with Crippen LogP contribution in [0.4, 0.5) is 17.6 Å². The van der Waals surface area contributed by atoms with Gasteiger partial charge in [0.1, 0.15) is 18.2 Å². The number of allylic oxidation sites excluding steroid dienone is 2. The number of aromatic nitrogens is 4. The first-order valence-electron chi connectivity index (χ1n) is 10.00. The molecule has 0 aliphatic heterocycles. The fraction of sp³-hybridized carbons (Fsp3) is 0.261. The molecule has 1 unspecified atom stereocenters. The normalized spacial score (nSPS) is 18.3. The minimum absolute atomic E-state index is 0.0941. The van der Waals surface area contributed by atoms with Crippen molar-refractivity contribution in [2.24, 2.45) is 0 Å². The molecule has 1 aliphatic carbocycles. The summed E-state index contributed by atoms with van der Waals surface area (Å²) in [5.41, 5.74) is 0.293. The number of pyridine rings is 2. The molecule has 10 heteroatoms. The van der Waals surface area contributed by atoms with Gasteiger partial charge in [-0.2, -0.15) is 17.6 Å². The molecule has 0 saturated heterocycles. The molecule has 1 atom stereocenters. The molecule has 0 bridgehead atoms. The largest absolute Gasteiger partial charge is 0.488 e. The first kappa shape index (κ1) is 22.7. The van der Waals surface area contributed by atoms with Crippen molar-refractivity contribution in [1.82, 2.24) is 19.9 Å². The Kier molecular flexibility index (Phi) is 6.28. The van der Waals surface area contributed by atoms with Crippen molar-refractivity contribution in [3.63, 3.8) is 0 Å². The maximum absolute atomic E-state index is 13.1. The number of ether oxygens (including phenoxy) is 2. The Balaban J connectivity index is 1.47. The molecule has 1 N–H and O–H groups in total. The number of rotatable bonds is 7. The molecule has 33 heavy (non-hydrogen) atoms. The molecule has 1 aliphatic rings. The Morgan fingerprint density at radius 2 is 1.97 bits per heavy atom. The van der Waals surface area contributed by atoms with Gasteiger partial charge in [0.25, 0.3) is 0 Å². The minimum Gasteiger partial charge on any atom is -0.488 e. The molecule has 0 aromatic carbocycles. The number of nitrogens with one attached hydrogen (secondary N) is 1. The Bertz CT molecular complexity index is 1170. The van der Waals surface area contributed by atoms with E-state index >= 15 is 0 Å². The summed E-state index contributed by atoms with van der Waals surface area (Å²) in [6.45, 7) is 0.259. The van der Waals surface area contributed by atoms with Crippen LogP contribution in [-0.2, 0) is 27.7 Å². The summed E-state index contributed by atoms with van der Waals surface area (Å²) in [4.78, 5) is 15.2. The molecule has 0 radical (unpaired) electrons. The predicted octanol–water partition coefficient (Wildman–Crippen LogP) is 4.97. The van der Waals surface area contributed by atoms with Gasteiger partial charge in [-0.25, -0.2) is 9.97 Å². The number of nitrogens with zero attached hydrogens (tertiary/aromatic N) is 3. The van der Waals surface area contributed by atoms with Crippen LogP contribution in [0.5, 0.6) is 0 Å². The van der Waals surface area contributed by atoms with Gasteiger partial charge >= 0.3 is 6.18 Å². The first-order chi connectivity index (χ1) is 15.8. The van der Waals surface area contributed by atoms with Gasteiger partial charge in [-0.05, 0) is 42.8 Å². The predicted molar refractivity (Wildman–Crippen MR) is 111 cm³/mol. The highest BCUT2D eigenvalue weighted by molar-refractivity contribution is 5.54. The van der Waals surface area contributed by atoms with E-state index in [1.165, 1.54) is 12.3 Å². The molecule has 0 fully saturated rings. The van der Waals surface area contributed by atoms with E-state index in [0.29, 0.717) is 30.2 Å². The number of aromatic amines is 1. The summed E-state index contributed by atoms with van der Waals surface area (Å²) < 4.78 is 62.8. The zero-order chi connectivity index (χ0) is 23.5. The molecule has 0 saturated carbocycles. The van der Waals surface area contributed by atoms with Crippen molar-refractivity contribution in [2.45, 2.75) is 24.6 Å². The SMILES string of the molecule is COCC1(c2cnc(-c3ccc(F)nc3)[nH]2)C=CC(OCc2cc(C(F)(F)F)ccn2)=CC1. The van der Waals surface area contributed by atoms with Gasteiger partial charge in [-0.3, -0.25) is 4.98 Å². The summed E-state index contributed by atoms with van der Waals surface area (Å²) in [6.07, 6.45) is 5.76. The molecular formula is C23H20F4N4O2. The lowest BCUT2D eigenvalue weighted by atomic mass is 9.79. The van der Waals surface area contributed by atoms with Crippen LogP contribution < -0.4 is 0 Å². The fourth-order valence-electron chi connectivity index (χ4n) is 3.54. The Hall–Kier alpha value is -3.53. The Morgan fingerprint density at radius 3 is 2.64 bits per heavy atom. The monoisotopic (exact) mass is 460 g/mol. The second-order valence-electron chi connectivity index (χ2n) is 7.57. The van der Waals surface area contributed by atoms with Crippen LogP contribution in [0, 0.1) is 5.95 Å². The summed E-state index contributed by atoms with van der Waals surface area (Å²) in [6, 6.07) is 4.73. The van der Waals surface area contributed by atoms with Crippen LogP contribution in [0.1, 0.15) is 23.4 Å². The maximum atomic E-state index is 13.1. The van der Waals surface area contributed by atoms with Crippen LogP contribution >= 0.6 is 0 Å². The van der Waals surface area contributed by atoms with E-state index in [1.54, 1.807) is 25.4 Å². The van der Waals surface area contributed by atoms with Crippen LogP contribution in [0.2, 0.25) is 0 Å². The Morgan fingerprint density at radius 1 is 1.12 bits per heavy atom. The standard InChI is InChI=1S/C23H20F4N4O2/c1-32-14-22(19-12-30-21(31-19)15-2-3-20(24)29-11-15)7-4-18(5-8-22)33-13-17-10-16(6-9-28-17)23(25,26)27/h2-7,9-12H,8,13-14H2,1H3,(H,30,31). The highest BCUT2D eigenvalue weighted by atomic mass is 19.4. The highest BCUT2D eigenvalue weighted by Crippen LogP contribution is 2.35. The van der Waals surface area contributed by atoms with Crippen molar-refractivity contribution in [3.8, 4) is 11.4 Å². The van der Waals surface area contributed by atoms with Crippen molar-refractivity contribution < 1.29 is 27.0 Å². The van der Waals surface area contributed by atoms with E-state index in [0.717, 1.165) is 24.0 Å². The summed E-state index contributed by atoms with van der Waals surface area (Å²) in [5.74, 6) is 0.487. The lowest BCUT2D eigenvalue weighted by Gasteiger charge is -2.30. The molecule has 3 aromatic rings. The average Bonchev–Trinajstić information content (AvgIpc) is 3.30. The lowest BCUT2D eigenvalue weighted by Crippen LogP contribution is -2.31. The molecule has 3 aromatic heterocycles. The number of methoxy groups -OCH3 is 1. The van der Waals surface area contributed by atoms with E-state index in [9.17, 15) is 17.6 Å². The first-order valence-corrected chi connectivity index (χ1v) is 10.00. The van der Waals surface area contributed by atoms with Crippen LogP contribution in [0.25, 0.3) is 11.4 Å². The number of alkyl halides is 3. The lowest BCUT2D eigenvalue weighted by molar-refractivity contribution is -0.137. The molecule has 0 amide bonds. The van der Waals surface area contributed by atoms with Crippen LogP contribution in [0.3, 0.4) is 0 Å². The minimum atomic E-state index is -4.44.